The van der Waals surface area contributed by atoms with Gasteiger partial charge in [-0.05, 0) is 12.1 Å². The van der Waals surface area contributed by atoms with Crippen LogP contribution >= 0.6 is 23.2 Å². The number of hydrogen-bond acceptors (Lipinski definition) is 4. The van der Waals surface area contributed by atoms with E-state index in [9.17, 15) is 9.59 Å². The van der Waals surface area contributed by atoms with Crippen LogP contribution in [-0.4, -0.2) is 67.6 Å². The molecule has 2 rings (SSSR count). The van der Waals surface area contributed by atoms with Crippen LogP contribution in [0, 0.1) is 0 Å². The summed E-state index contributed by atoms with van der Waals surface area (Å²) in [4.78, 5) is 28.2. The maximum absolute atomic E-state index is 12.6. The van der Waals surface area contributed by atoms with Crippen molar-refractivity contribution in [1.82, 2.24) is 9.80 Å². The molecule has 8 heteroatoms. The van der Waals surface area contributed by atoms with Gasteiger partial charge in [0.25, 0.3) is 5.91 Å². The Morgan fingerprint density at radius 2 is 1.83 bits per heavy atom. The van der Waals surface area contributed by atoms with Crippen LogP contribution in [0.15, 0.2) is 18.2 Å². The third kappa shape index (κ3) is 4.39. The highest BCUT2D eigenvalue weighted by Gasteiger charge is 2.27. The third-order valence-electron chi connectivity index (χ3n) is 4.10. The number of methoxy groups -OCH3 is 1. The minimum Gasteiger partial charge on any atom is -0.380 e. The first-order valence-electron chi connectivity index (χ1n) is 7.71. The molecule has 1 unspecified atom stereocenters. The van der Waals surface area contributed by atoms with Gasteiger partial charge >= 0.3 is 0 Å². The Labute approximate surface area is 151 Å². The van der Waals surface area contributed by atoms with Gasteiger partial charge in [-0.2, -0.15) is 0 Å². The Kier molecular flexibility index (Phi) is 6.86. The van der Waals surface area contributed by atoms with E-state index in [2.05, 4.69) is 0 Å². The summed E-state index contributed by atoms with van der Waals surface area (Å²) in [6, 6.07) is 4.98. The van der Waals surface area contributed by atoms with Crippen molar-refractivity contribution in [3.63, 3.8) is 0 Å². The number of ether oxygens (including phenoxy) is 1. The van der Waals surface area contributed by atoms with Gasteiger partial charge in [0.1, 0.15) is 0 Å². The van der Waals surface area contributed by atoms with Crippen molar-refractivity contribution in [1.29, 1.82) is 0 Å². The van der Waals surface area contributed by atoms with Crippen molar-refractivity contribution in [2.24, 2.45) is 5.73 Å². The molecule has 1 aliphatic rings. The molecule has 0 radical (unpaired) electrons. The van der Waals surface area contributed by atoms with Crippen LogP contribution in [0.2, 0.25) is 10.0 Å². The van der Waals surface area contributed by atoms with Crippen LogP contribution in [0.1, 0.15) is 16.8 Å². The second kappa shape index (κ2) is 8.67. The summed E-state index contributed by atoms with van der Waals surface area (Å²) < 4.78 is 5.14. The van der Waals surface area contributed by atoms with E-state index in [1.807, 2.05) is 0 Å². The number of hydrogen-bond donors (Lipinski definition) is 1. The second-order valence-corrected chi connectivity index (χ2v) is 6.36. The van der Waals surface area contributed by atoms with E-state index >= 15 is 0 Å². The van der Waals surface area contributed by atoms with Gasteiger partial charge in [-0.1, -0.05) is 29.3 Å². The maximum atomic E-state index is 12.6. The molecule has 6 nitrogen and oxygen atoms in total. The molecule has 2 amide bonds. The van der Waals surface area contributed by atoms with Gasteiger partial charge in [-0.3, -0.25) is 9.59 Å². The van der Waals surface area contributed by atoms with Crippen LogP contribution in [0.5, 0.6) is 0 Å². The fraction of sp³-hybridized carbons (Fsp3) is 0.500. The Morgan fingerprint density at radius 1 is 1.21 bits per heavy atom. The van der Waals surface area contributed by atoms with Gasteiger partial charge in [0.2, 0.25) is 5.91 Å². The largest absolute Gasteiger partial charge is 0.380 e. The van der Waals surface area contributed by atoms with Crippen molar-refractivity contribution in [3.05, 3.63) is 33.8 Å². The standard InChI is InChI=1S/C16H21Cl2N3O3/c1-24-11(10-19)9-14(22)20-5-7-21(8-6-20)16(23)12-3-2-4-13(17)15(12)18/h2-4,11H,5-10,19H2,1H3. The molecule has 1 aliphatic heterocycles. The lowest BCUT2D eigenvalue weighted by atomic mass is 10.1. The highest BCUT2D eigenvalue weighted by Crippen LogP contribution is 2.26. The molecular formula is C16H21Cl2N3O3. The van der Waals surface area contributed by atoms with E-state index < -0.39 is 0 Å². The first-order valence-corrected chi connectivity index (χ1v) is 8.47. The monoisotopic (exact) mass is 373 g/mol. The van der Waals surface area contributed by atoms with Crippen molar-refractivity contribution < 1.29 is 14.3 Å². The topological polar surface area (TPSA) is 75.9 Å². The molecule has 1 atom stereocenters. The number of carbonyl (C=O) groups excluding carboxylic acids is 2. The Bertz CT molecular complexity index is 600. The number of amides is 2. The minimum atomic E-state index is -0.276. The van der Waals surface area contributed by atoms with Gasteiger partial charge in [-0.25, -0.2) is 0 Å². The summed E-state index contributed by atoms with van der Waals surface area (Å²) in [7, 11) is 1.54. The van der Waals surface area contributed by atoms with Crippen LogP contribution in [-0.2, 0) is 9.53 Å². The quantitative estimate of drug-likeness (QED) is 0.850. The van der Waals surface area contributed by atoms with Crippen LogP contribution in [0.3, 0.4) is 0 Å². The Hall–Kier alpha value is -1.34. The molecule has 0 aliphatic carbocycles. The molecule has 0 aromatic heterocycles. The lowest BCUT2D eigenvalue weighted by Gasteiger charge is -2.35. The van der Waals surface area contributed by atoms with Crippen LogP contribution < -0.4 is 5.73 Å². The maximum Gasteiger partial charge on any atom is 0.255 e. The van der Waals surface area contributed by atoms with E-state index in [0.29, 0.717) is 43.3 Å². The predicted molar refractivity (Wildman–Crippen MR) is 93.4 cm³/mol. The number of rotatable bonds is 5. The summed E-state index contributed by atoms with van der Waals surface area (Å²) >= 11 is 12.1. The van der Waals surface area contributed by atoms with E-state index in [4.69, 9.17) is 33.7 Å². The normalized spacial score (nSPS) is 16.2. The number of piperazine rings is 1. The highest BCUT2D eigenvalue weighted by molar-refractivity contribution is 6.43. The zero-order chi connectivity index (χ0) is 17.7. The predicted octanol–water partition coefficient (Wildman–Crippen LogP) is 1.64. The van der Waals surface area contributed by atoms with Crippen molar-refractivity contribution in [2.75, 3.05) is 39.8 Å². The zero-order valence-electron chi connectivity index (χ0n) is 13.5. The molecule has 1 saturated heterocycles. The fourth-order valence-corrected chi connectivity index (χ4v) is 2.97. The molecule has 0 bridgehead atoms. The van der Waals surface area contributed by atoms with E-state index in [1.54, 1.807) is 28.0 Å². The van der Waals surface area contributed by atoms with E-state index in [0.717, 1.165) is 0 Å². The Balaban J connectivity index is 1.94. The van der Waals surface area contributed by atoms with Gasteiger partial charge in [0, 0.05) is 39.8 Å². The van der Waals surface area contributed by atoms with E-state index in [1.165, 1.54) is 7.11 Å². The van der Waals surface area contributed by atoms with Crippen molar-refractivity contribution >= 4 is 35.0 Å². The van der Waals surface area contributed by atoms with Gasteiger partial charge in [0.05, 0.1) is 28.1 Å². The lowest BCUT2D eigenvalue weighted by Crippen LogP contribution is -2.51. The molecule has 0 saturated carbocycles. The molecule has 132 valence electrons. The van der Waals surface area contributed by atoms with Crippen LogP contribution in [0.4, 0.5) is 0 Å². The van der Waals surface area contributed by atoms with Gasteiger partial charge < -0.3 is 20.3 Å². The molecule has 1 aromatic rings. The number of halogens is 2. The lowest BCUT2D eigenvalue weighted by molar-refractivity contribution is -0.135. The number of nitrogens with two attached hydrogens (primary N) is 1. The number of carbonyl (C=O) groups is 2. The summed E-state index contributed by atoms with van der Waals surface area (Å²) in [6.07, 6.45) is -0.0245. The molecule has 1 aromatic carbocycles. The summed E-state index contributed by atoms with van der Waals surface area (Å²) in [5.74, 6) is -0.188. The number of benzene rings is 1. The fourth-order valence-electron chi connectivity index (χ4n) is 2.59. The second-order valence-electron chi connectivity index (χ2n) is 5.57. The summed E-state index contributed by atoms with van der Waals surface area (Å²) in [5, 5.41) is 0.609. The summed E-state index contributed by atoms with van der Waals surface area (Å²) in [5.41, 5.74) is 5.92. The number of nitrogens with zero attached hydrogens (tertiary/aromatic N) is 2. The first kappa shape index (κ1) is 19.0. The molecule has 1 heterocycles. The molecule has 24 heavy (non-hydrogen) atoms. The Morgan fingerprint density at radius 3 is 2.42 bits per heavy atom. The zero-order valence-corrected chi connectivity index (χ0v) is 15.0. The average Bonchev–Trinajstić information content (AvgIpc) is 2.61. The third-order valence-corrected chi connectivity index (χ3v) is 4.92. The SMILES string of the molecule is COC(CN)CC(=O)N1CCN(C(=O)c2cccc(Cl)c2Cl)CC1. The molecule has 2 N–H and O–H groups in total. The minimum absolute atomic E-state index is 0.0137. The highest BCUT2D eigenvalue weighted by atomic mass is 35.5. The van der Waals surface area contributed by atoms with E-state index in [-0.39, 0.29) is 29.4 Å². The van der Waals surface area contributed by atoms with Gasteiger partial charge in [-0.15, -0.1) is 0 Å². The molecular weight excluding hydrogens is 353 g/mol. The smallest absolute Gasteiger partial charge is 0.255 e. The average molecular weight is 374 g/mol. The van der Waals surface area contributed by atoms with Gasteiger partial charge in [0.15, 0.2) is 0 Å². The molecule has 0 spiro atoms. The molecule has 1 fully saturated rings. The van der Waals surface area contributed by atoms with Crippen molar-refractivity contribution in [3.8, 4) is 0 Å². The van der Waals surface area contributed by atoms with Crippen molar-refractivity contribution in [2.45, 2.75) is 12.5 Å². The first-order chi connectivity index (χ1) is 11.5. The van der Waals surface area contributed by atoms with Crippen LogP contribution in [0.25, 0.3) is 0 Å². The summed E-state index contributed by atoms with van der Waals surface area (Å²) in [6.45, 7) is 2.16.